The Morgan fingerprint density at radius 2 is 1.94 bits per heavy atom. The number of amides is 1. The lowest BCUT2D eigenvalue weighted by Crippen LogP contribution is -2.45. The van der Waals surface area contributed by atoms with E-state index in [-0.39, 0.29) is 11.9 Å². The largest absolute Gasteiger partial charge is 0.481 e. The van der Waals surface area contributed by atoms with Crippen molar-refractivity contribution in [2.24, 2.45) is 11.8 Å². The highest BCUT2D eigenvalue weighted by Crippen LogP contribution is 2.27. The summed E-state index contributed by atoms with van der Waals surface area (Å²) in [5.41, 5.74) is 0. The molecule has 2 N–H and O–H groups in total. The Hall–Kier alpha value is -0.970. The summed E-state index contributed by atoms with van der Waals surface area (Å²) < 4.78 is 0. The van der Waals surface area contributed by atoms with Crippen LogP contribution < -0.4 is 5.32 Å². The first-order valence-corrected chi connectivity index (χ1v) is 7.60. The van der Waals surface area contributed by atoms with Crippen molar-refractivity contribution in [2.75, 3.05) is 11.5 Å². The summed E-state index contributed by atoms with van der Waals surface area (Å²) in [5.74, 6) is 0.199. The second-order valence-electron chi connectivity index (χ2n) is 4.92. The van der Waals surface area contributed by atoms with Crippen LogP contribution in [-0.4, -0.2) is 34.5 Å². The molecule has 3 atom stereocenters. The number of rotatable bonds is 3. The van der Waals surface area contributed by atoms with Gasteiger partial charge in [-0.05, 0) is 31.4 Å². The van der Waals surface area contributed by atoms with E-state index >= 15 is 0 Å². The zero-order valence-electron chi connectivity index (χ0n) is 10.3. The smallest absolute Gasteiger partial charge is 0.307 e. The summed E-state index contributed by atoms with van der Waals surface area (Å²) >= 11 is 1.85. The number of hydrogen-bond acceptors (Lipinski definition) is 3. The standard InChI is InChI=1S/C13H19NO3S/c15-12(14-9-4-3-7-18-8-9)10-5-1-2-6-11(10)13(16)17/h1-2,9-11H,3-8H2,(H,14,15)(H,16,17). The molecule has 1 aliphatic heterocycles. The molecular formula is C13H19NO3S. The molecule has 2 rings (SSSR count). The minimum Gasteiger partial charge on any atom is -0.481 e. The molecule has 1 saturated heterocycles. The zero-order chi connectivity index (χ0) is 13.0. The van der Waals surface area contributed by atoms with Crippen LogP contribution in [0.1, 0.15) is 25.7 Å². The molecule has 0 radical (unpaired) electrons. The second-order valence-corrected chi connectivity index (χ2v) is 6.07. The summed E-state index contributed by atoms with van der Waals surface area (Å²) in [5, 5.41) is 12.2. The minimum atomic E-state index is -0.863. The van der Waals surface area contributed by atoms with Gasteiger partial charge in [-0.3, -0.25) is 9.59 Å². The lowest BCUT2D eigenvalue weighted by molar-refractivity contribution is -0.147. The number of carbonyl (C=O) groups is 2. The molecule has 1 fully saturated rings. The van der Waals surface area contributed by atoms with Crippen molar-refractivity contribution >= 4 is 23.6 Å². The summed E-state index contributed by atoms with van der Waals surface area (Å²) in [4.78, 5) is 23.3. The molecule has 0 spiro atoms. The minimum absolute atomic E-state index is 0.0840. The van der Waals surface area contributed by atoms with Gasteiger partial charge in [-0.2, -0.15) is 11.8 Å². The van der Waals surface area contributed by atoms with Crippen LogP contribution in [-0.2, 0) is 9.59 Å². The van der Waals surface area contributed by atoms with E-state index in [0.717, 1.165) is 24.3 Å². The normalized spacial score (nSPS) is 31.9. The highest BCUT2D eigenvalue weighted by molar-refractivity contribution is 7.99. The molecule has 1 aliphatic carbocycles. The maximum Gasteiger partial charge on any atom is 0.307 e. The average Bonchev–Trinajstić information content (AvgIpc) is 2.40. The van der Waals surface area contributed by atoms with Gasteiger partial charge >= 0.3 is 5.97 Å². The van der Waals surface area contributed by atoms with E-state index < -0.39 is 17.8 Å². The molecule has 0 bridgehead atoms. The lowest BCUT2D eigenvalue weighted by atomic mass is 9.82. The van der Waals surface area contributed by atoms with Gasteiger partial charge in [0.1, 0.15) is 0 Å². The van der Waals surface area contributed by atoms with Gasteiger partial charge in [-0.1, -0.05) is 12.2 Å². The number of hydrogen-bond donors (Lipinski definition) is 2. The van der Waals surface area contributed by atoms with E-state index in [4.69, 9.17) is 5.11 Å². The Labute approximate surface area is 111 Å². The van der Waals surface area contributed by atoms with Gasteiger partial charge < -0.3 is 10.4 Å². The van der Waals surface area contributed by atoms with Gasteiger partial charge in [0.25, 0.3) is 0 Å². The van der Waals surface area contributed by atoms with E-state index in [9.17, 15) is 9.59 Å². The monoisotopic (exact) mass is 269 g/mol. The Kier molecular flexibility index (Phi) is 4.69. The number of allylic oxidation sites excluding steroid dienone is 2. The molecule has 0 aromatic carbocycles. The molecule has 100 valence electrons. The number of carbonyl (C=O) groups excluding carboxylic acids is 1. The number of aliphatic carboxylic acids is 1. The Balaban J connectivity index is 1.93. The number of thioether (sulfide) groups is 1. The maximum absolute atomic E-state index is 12.2. The summed E-state index contributed by atoms with van der Waals surface area (Å²) in [6, 6.07) is 0.219. The van der Waals surface area contributed by atoms with Gasteiger partial charge in [-0.25, -0.2) is 0 Å². The molecule has 0 aromatic rings. The van der Waals surface area contributed by atoms with Crippen molar-refractivity contribution in [1.82, 2.24) is 5.32 Å². The molecule has 18 heavy (non-hydrogen) atoms. The Morgan fingerprint density at radius 1 is 1.22 bits per heavy atom. The maximum atomic E-state index is 12.2. The zero-order valence-corrected chi connectivity index (χ0v) is 11.1. The van der Waals surface area contributed by atoms with Crippen molar-refractivity contribution < 1.29 is 14.7 Å². The fourth-order valence-corrected chi connectivity index (χ4v) is 3.61. The molecule has 0 aromatic heterocycles. The van der Waals surface area contributed by atoms with Crippen LogP contribution in [0.2, 0.25) is 0 Å². The quantitative estimate of drug-likeness (QED) is 0.765. The first-order chi connectivity index (χ1) is 8.68. The van der Waals surface area contributed by atoms with E-state index in [1.54, 1.807) is 0 Å². The van der Waals surface area contributed by atoms with Crippen LogP contribution in [0.15, 0.2) is 12.2 Å². The SMILES string of the molecule is O=C(O)C1CC=CCC1C(=O)NC1CCCSC1. The van der Waals surface area contributed by atoms with E-state index in [0.29, 0.717) is 12.8 Å². The van der Waals surface area contributed by atoms with Gasteiger partial charge in [-0.15, -0.1) is 0 Å². The van der Waals surface area contributed by atoms with Gasteiger partial charge in [0.2, 0.25) is 5.91 Å². The first kappa shape index (κ1) is 13.5. The molecule has 5 heteroatoms. The average molecular weight is 269 g/mol. The molecule has 1 heterocycles. The number of nitrogens with one attached hydrogen (secondary N) is 1. The summed E-state index contributed by atoms with van der Waals surface area (Å²) in [6.45, 7) is 0. The number of carboxylic acids is 1. The van der Waals surface area contributed by atoms with Crippen LogP contribution in [0.5, 0.6) is 0 Å². The van der Waals surface area contributed by atoms with Gasteiger partial charge in [0, 0.05) is 11.8 Å². The fraction of sp³-hybridized carbons (Fsp3) is 0.692. The van der Waals surface area contributed by atoms with Crippen molar-refractivity contribution in [2.45, 2.75) is 31.7 Å². The van der Waals surface area contributed by atoms with Crippen molar-refractivity contribution in [1.29, 1.82) is 0 Å². The van der Waals surface area contributed by atoms with Crippen LogP contribution in [0.4, 0.5) is 0 Å². The van der Waals surface area contributed by atoms with Crippen LogP contribution in [0.25, 0.3) is 0 Å². The molecule has 1 amide bonds. The Morgan fingerprint density at radius 3 is 2.56 bits per heavy atom. The molecule has 3 unspecified atom stereocenters. The topological polar surface area (TPSA) is 66.4 Å². The van der Waals surface area contributed by atoms with Crippen LogP contribution in [0.3, 0.4) is 0 Å². The van der Waals surface area contributed by atoms with Crippen molar-refractivity contribution in [3.8, 4) is 0 Å². The third-order valence-corrected chi connectivity index (χ3v) is 4.81. The second kappa shape index (κ2) is 6.27. The Bertz CT molecular complexity index is 350. The van der Waals surface area contributed by atoms with Crippen LogP contribution in [0, 0.1) is 11.8 Å². The first-order valence-electron chi connectivity index (χ1n) is 6.44. The number of carboxylic acid groups (broad SMARTS) is 1. The summed E-state index contributed by atoms with van der Waals surface area (Å²) in [7, 11) is 0. The predicted molar refractivity (Wildman–Crippen MR) is 71.5 cm³/mol. The van der Waals surface area contributed by atoms with Crippen molar-refractivity contribution in [3.05, 3.63) is 12.2 Å². The van der Waals surface area contributed by atoms with Crippen molar-refractivity contribution in [3.63, 3.8) is 0 Å². The van der Waals surface area contributed by atoms with E-state index in [1.807, 2.05) is 23.9 Å². The highest BCUT2D eigenvalue weighted by atomic mass is 32.2. The van der Waals surface area contributed by atoms with Gasteiger partial charge in [0.05, 0.1) is 11.8 Å². The van der Waals surface area contributed by atoms with Gasteiger partial charge in [0.15, 0.2) is 0 Å². The molecule has 0 saturated carbocycles. The highest BCUT2D eigenvalue weighted by Gasteiger charge is 2.34. The fourth-order valence-electron chi connectivity index (χ4n) is 2.54. The van der Waals surface area contributed by atoms with Crippen LogP contribution >= 0.6 is 11.8 Å². The van der Waals surface area contributed by atoms with E-state index in [1.165, 1.54) is 0 Å². The van der Waals surface area contributed by atoms with E-state index in [2.05, 4.69) is 5.32 Å². The third-order valence-electron chi connectivity index (χ3n) is 3.59. The molecule has 4 nitrogen and oxygen atoms in total. The third kappa shape index (κ3) is 3.28. The molecule has 2 aliphatic rings. The molecular weight excluding hydrogens is 250 g/mol. The summed E-state index contributed by atoms with van der Waals surface area (Å²) in [6.07, 6.45) is 6.93. The lowest BCUT2D eigenvalue weighted by Gasteiger charge is -2.28. The predicted octanol–water partition coefficient (Wildman–Crippen LogP) is 1.67.